The second-order valence-electron chi connectivity index (χ2n) is 11.8. The van der Waals surface area contributed by atoms with E-state index in [9.17, 15) is 14.3 Å². The summed E-state index contributed by atoms with van der Waals surface area (Å²) in [6, 6.07) is 13.7. The lowest BCUT2D eigenvalue weighted by atomic mass is 9.46. The van der Waals surface area contributed by atoms with Gasteiger partial charge < -0.3 is 20.3 Å². The number of imidazole rings is 1. The third kappa shape index (κ3) is 3.64. The Balaban J connectivity index is 1.07. The summed E-state index contributed by atoms with van der Waals surface area (Å²) in [4.78, 5) is 17.2. The fourth-order valence-electron chi connectivity index (χ4n) is 8.37. The fourth-order valence-corrected chi connectivity index (χ4v) is 8.37. The van der Waals surface area contributed by atoms with Crippen LogP contribution >= 0.6 is 0 Å². The van der Waals surface area contributed by atoms with Crippen LogP contribution in [0.3, 0.4) is 0 Å². The third-order valence-electron chi connectivity index (χ3n) is 9.71. The maximum absolute atomic E-state index is 15.0. The Labute approximate surface area is 220 Å². The largest absolute Gasteiger partial charge is 0.392 e. The number of amides is 2. The molecule has 5 aliphatic rings. The molecular formula is C30H30FN5O2. The minimum atomic E-state index is -0.560. The number of fused-ring (bicyclic) bond motifs is 3. The highest BCUT2D eigenvalue weighted by Gasteiger charge is 2.58. The van der Waals surface area contributed by atoms with E-state index in [4.69, 9.17) is 5.26 Å². The minimum absolute atomic E-state index is 0.0789. The van der Waals surface area contributed by atoms with E-state index < -0.39 is 6.10 Å². The monoisotopic (exact) mass is 511 g/mol. The van der Waals surface area contributed by atoms with Crippen molar-refractivity contribution in [3.63, 3.8) is 0 Å². The van der Waals surface area contributed by atoms with Crippen molar-refractivity contribution >= 4 is 11.7 Å². The molecule has 194 valence electrons. The smallest absolute Gasteiger partial charge is 0.319 e. The number of benzene rings is 2. The molecule has 7 nitrogen and oxygen atoms in total. The van der Waals surface area contributed by atoms with E-state index in [1.807, 2.05) is 10.6 Å². The van der Waals surface area contributed by atoms with Crippen molar-refractivity contribution in [3.05, 3.63) is 71.9 Å². The number of hydrogen-bond acceptors (Lipinski definition) is 4. The normalized spacial score (nSPS) is 30.8. The zero-order chi connectivity index (χ0) is 26.0. The first-order chi connectivity index (χ1) is 18.4. The van der Waals surface area contributed by atoms with Crippen LogP contribution in [0.1, 0.15) is 55.7 Å². The number of carbonyl (C=O) groups is 1. The van der Waals surface area contributed by atoms with Crippen molar-refractivity contribution in [2.45, 2.75) is 56.7 Å². The van der Waals surface area contributed by atoms with Crippen molar-refractivity contribution in [1.29, 1.82) is 5.26 Å². The molecule has 1 aromatic heterocycles. The van der Waals surface area contributed by atoms with E-state index in [1.165, 1.54) is 6.07 Å². The van der Waals surface area contributed by atoms with Crippen LogP contribution in [0, 0.1) is 40.3 Å². The Morgan fingerprint density at radius 2 is 1.95 bits per heavy atom. The molecule has 8 heteroatoms. The number of aromatic nitrogens is 2. The minimum Gasteiger partial charge on any atom is -0.392 e. The van der Waals surface area contributed by atoms with Gasteiger partial charge in [0.15, 0.2) is 0 Å². The first-order valence-electron chi connectivity index (χ1n) is 13.5. The van der Waals surface area contributed by atoms with Crippen molar-refractivity contribution in [2.75, 3.05) is 5.32 Å². The van der Waals surface area contributed by atoms with Gasteiger partial charge in [-0.15, -0.1) is 0 Å². The highest BCUT2D eigenvalue weighted by atomic mass is 19.1. The molecule has 4 aliphatic carbocycles. The predicted octanol–water partition coefficient (Wildman–Crippen LogP) is 5.23. The van der Waals surface area contributed by atoms with Gasteiger partial charge in [-0.25, -0.2) is 14.2 Å². The van der Waals surface area contributed by atoms with Crippen molar-refractivity contribution in [2.24, 2.45) is 23.2 Å². The molecule has 4 saturated carbocycles. The van der Waals surface area contributed by atoms with Gasteiger partial charge >= 0.3 is 6.03 Å². The summed E-state index contributed by atoms with van der Waals surface area (Å²) in [6.45, 7) is 0. The number of nitrogens with zero attached hydrogens (tertiary/aromatic N) is 3. The van der Waals surface area contributed by atoms with Gasteiger partial charge in [0.25, 0.3) is 0 Å². The number of aliphatic hydroxyl groups excluding tert-OH is 1. The number of hydrogen-bond donors (Lipinski definition) is 3. The molecule has 8 rings (SSSR count). The van der Waals surface area contributed by atoms with Crippen LogP contribution in [-0.2, 0) is 0 Å². The van der Waals surface area contributed by atoms with Crippen molar-refractivity contribution in [1.82, 2.24) is 14.9 Å². The average Bonchev–Trinajstić information content (AvgIpc) is 3.49. The molecule has 1 aliphatic heterocycles. The second-order valence-corrected chi connectivity index (χ2v) is 11.8. The van der Waals surface area contributed by atoms with Crippen molar-refractivity contribution < 1.29 is 14.3 Å². The Bertz CT molecular complexity index is 1430. The summed E-state index contributed by atoms with van der Waals surface area (Å²) in [5, 5.41) is 26.9. The standard InChI is InChI=1S/C30H30FN5O2/c31-23-3-1-2-22-25-15-33-16-36(25)24(27(22)23)10-26(37)30-11-18-8-19(12-30)28(20(9-18)13-30)35-29(38)34-21-6-4-17(14-32)5-7-21/h1-7,15-16,18-20,24,26,28,37H,8-13H2,(H2,34,35,38)/t18?,19-,20?,24?,26?,28?,30?/m1/s1. The predicted molar refractivity (Wildman–Crippen MR) is 139 cm³/mol. The molecule has 6 unspecified atom stereocenters. The lowest BCUT2D eigenvalue weighted by Crippen LogP contribution is -2.62. The van der Waals surface area contributed by atoms with Crippen LogP contribution in [-0.4, -0.2) is 32.8 Å². The maximum atomic E-state index is 15.0. The van der Waals surface area contributed by atoms with Gasteiger partial charge in [0.1, 0.15) is 5.82 Å². The fraction of sp³-hybridized carbons (Fsp3) is 0.433. The van der Waals surface area contributed by atoms with E-state index in [0.717, 1.165) is 43.4 Å². The molecule has 3 N–H and O–H groups in total. The molecular weight excluding hydrogens is 481 g/mol. The Morgan fingerprint density at radius 1 is 1.18 bits per heavy atom. The van der Waals surface area contributed by atoms with Gasteiger partial charge in [-0.1, -0.05) is 12.1 Å². The molecule has 3 aromatic rings. The summed E-state index contributed by atoms with van der Waals surface area (Å²) < 4.78 is 17.0. The second kappa shape index (κ2) is 8.67. The molecule has 2 heterocycles. The zero-order valence-electron chi connectivity index (χ0n) is 21.0. The molecule has 4 fully saturated rings. The highest BCUT2D eigenvalue weighted by molar-refractivity contribution is 5.89. The number of nitrogens with one attached hydrogen (secondary N) is 2. The lowest BCUT2D eigenvalue weighted by molar-refractivity contribution is -0.135. The molecule has 7 atom stereocenters. The number of urea groups is 1. The third-order valence-corrected chi connectivity index (χ3v) is 9.71. The number of rotatable bonds is 5. The number of aliphatic hydroxyl groups is 1. The highest BCUT2D eigenvalue weighted by Crippen LogP contribution is 2.62. The lowest BCUT2D eigenvalue weighted by Gasteiger charge is -2.61. The molecule has 2 aromatic carbocycles. The van der Waals surface area contributed by atoms with Crippen LogP contribution < -0.4 is 10.6 Å². The van der Waals surface area contributed by atoms with Crippen molar-refractivity contribution in [3.8, 4) is 17.3 Å². The molecule has 4 bridgehead atoms. The molecule has 0 saturated heterocycles. The zero-order valence-corrected chi connectivity index (χ0v) is 21.0. The van der Waals surface area contributed by atoms with Crippen LogP contribution in [0.25, 0.3) is 11.3 Å². The topological polar surface area (TPSA) is 103 Å². The molecule has 0 radical (unpaired) electrons. The van der Waals surface area contributed by atoms with E-state index >= 15 is 0 Å². The van der Waals surface area contributed by atoms with Gasteiger partial charge in [-0.05, 0) is 92.0 Å². The molecule has 2 amide bonds. The van der Waals surface area contributed by atoms with E-state index in [1.54, 1.807) is 42.9 Å². The summed E-state index contributed by atoms with van der Waals surface area (Å²) in [5.74, 6) is 0.961. The van der Waals surface area contributed by atoms with Gasteiger partial charge in [0, 0.05) is 22.9 Å². The average molecular weight is 512 g/mol. The van der Waals surface area contributed by atoms with Crippen LogP contribution in [0.4, 0.5) is 14.9 Å². The van der Waals surface area contributed by atoms with Crippen LogP contribution in [0.15, 0.2) is 55.0 Å². The van der Waals surface area contributed by atoms with E-state index in [-0.39, 0.29) is 29.3 Å². The van der Waals surface area contributed by atoms with Crippen LogP contribution in [0.2, 0.25) is 0 Å². The number of halogens is 1. The van der Waals surface area contributed by atoms with E-state index in [0.29, 0.717) is 41.0 Å². The van der Waals surface area contributed by atoms with Gasteiger partial charge in [0.05, 0.1) is 42.0 Å². The Kier molecular flexibility index (Phi) is 5.34. The van der Waals surface area contributed by atoms with E-state index in [2.05, 4.69) is 21.7 Å². The number of carbonyl (C=O) groups excluding carboxylic acids is 1. The first-order valence-corrected chi connectivity index (χ1v) is 13.5. The maximum Gasteiger partial charge on any atom is 0.319 e. The summed E-state index contributed by atoms with van der Waals surface area (Å²) in [6.07, 6.45) is 8.30. The quantitative estimate of drug-likeness (QED) is 0.436. The number of nitriles is 1. The van der Waals surface area contributed by atoms with Gasteiger partial charge in [0.2, 0.25) is 0 Å². The number of anilines is 1. The van der Waals surface area contributed by atoms with Gasteiger partial charge in [-0.2, -0.15) is 5.26 Å². The SMILES string of the molecule is N#Cc1ccc(NC(=O)NC2C3CC4C[C@@H]2CC(C(O)CC2c5c(F)cccc5-c5cncn52)(C4)C3)cc1. The van der Waals surface area contributed by atoms with Gasteiger partial charge in [-0.3, -0.25) is 0 Å². The van der Waals surface area contributed by atoms with Crippen LogP contribution in [0.5, 0.6) is 0 Å². The summed E-state index contributed by atoms with van der Waals surface area (Å²) in [7, 11) is 0. The Hall–Kier alpha value is -3.70. The summed E-state index contributed by atoms with van der Waals surface area (Å²) in [5.41, 5.74) is 3.43. The molecule has 38 heavy (non-hydrogen) atoms. The first kappa shape index (κ1) is 23.4. The summed E-state index contributed by atoms with van der Waals surface area (Å²) >= 11 is 0. The Morgan fingerprint density at radius 3 is 2.68 bits per heavy atom. The molecule has 0 spiro atoms.